The standard InChI is InChI=1S/C13H16N4O4/c1-3-17-11-5-4-8(6-9(11)15-16-17)12(19)14-10(7-18)13(20)21-2/h4-6,10,18H,3,7H2,1-2H3,(H,14,19). The van der Waals surface area contributed by atoms with Crippen LogP contribution in [0.25, 0.3) is 11.0 Å². The smallest absolute Gasteiger partial charge is 0.330 e. The van der Waals surface area contributed by atoms with Crippen LogP contribution in [0.1, 0.15) is 17.3 Å². The van der Waals surface area contributed by atoms with Gasteiger partial charge in [-0.3, -0.25) is 4.79 Å². The van der Waals surface area contributed by atoms with Crippen molar-refractivity contribution in [3.05, 3.63) is 23.8 Å². The molecule has 0 fully saturated rings. The van der Waals surface area contributed by atoms with Crippen LogP contribution in [0.4, 0.5) is 0 Å². The zero-order valence-electron chi connectivity index (χ0n) is 11.7. The van der Waals surface area contributed by atoms with Crippen LogP contribution < -0.4 is 5.32 Å². The van der Waals surface area contributed by atoms with E-state index in [-0.39, 0.29) is 0 Å². The molecule has 1 amide bonds. The number of benzene rings is 1. The van der Waals surface area contributed by atoms with Crippen molar-refractivity contribution in [1.82, 2.24) is 20.3 Å². The van der Waals surface area contributed by atoms with E-state index in [1.54, 1.807) is 22.9 Å². The number of aliphatic hydroxyl groups excluding tert-OH is 1. The number of hydrogen-bond donors (Lipinski definition) is 2. The molecule has 1 atom stereocenters. The number of esters is 1. The molecule has 0 radical (unpaired) electrons. The third-order valence-electron chi connectivity index (χ3n) is 3.05. The van der Waals surface area contributed by atoms with Crippen molar-refractivity contribution in [2.24, 2.45) is 0 Å². The topological polar surface area (TPSA) is 106 Å². The third-order valence-corrected chi connectivity index (χ3v) is 3.05. The monoisotopic (exact) mass is 292 g/mol. The predicted molar refractivity (Wildman–Crippen MR) is 73.6 cm³/mol. The summed E-state index contributed by atoms with van der Waals surface area (Å²) < 4.78 is 6.20. The second kappa shape index (κ2) is 6.31. The summed E-state index contributed by atoms with van der Waals surface area (Å²) in [6.07, 6.45) is 0. The number of aliphatic hydroxyl groups is 1. The highest BCUT2D eigenvalue weighted by Crippen LogP contribution is 2.13. The average molecular weight is 292 g/mol. The molecule has 0 bridgehead atoms. The summed E-state index contributed by atoms with van der Waals surface area (Å²) in [7, 11) is 1.19. The fraction of sp³-hybridized carbons (Fsp3) is 0.385. The summed E-state index contributed by atoms with van der Waals surface area (Å²) in [6.45, 7) is 2.08. The molecule has 8 heteroatoms. The summed E-state index contributed by atoms with van der Waals surface area (Å²) in [5.74, 6) is -1.20. The van der Waals surface area contributed by atoms with Crippen LogP contribution in [0.3, 0.4) is 0 Å². The molecule has 2 rings (SSSR count). The Morgan fingerprint density at radius 1 is 1.48 bits per heavy atom. The Hall–Kier alpha value is -2.48. The molecule has 2 N–H and O–H groups in total. The number of amides is 1. The maximum Gasteiger partial charge on any atom is 0.330 e. The summed E-state index contributed by atoms with van der Waals surface area (Å²) in [6, 6.07) is 3.83. The number of aryl methyl sites for hydroxylation is 1. The molecule has 2 aromatic rings. The second-order valence-corrected chi connectivity index (χ2v) is 4.34. The molecule has 0 aliphatic carbocycles. The van der Waals surface area contributed by atoms with Crippen LogP contribution >= 0.6 is 0 Å². The van der Waals surface area contributed by atoms with Crippen molar-refractivity contribution < 1.29 is 19.4 Å². The third kappa shape index (κ3) is 3.00. The molecule has 1 unspecified atom stereocenters. The maximum absolute atomic E-state index is 12.1. The van der Waals surface area contributed by atoms with E-state index in [1.165, 1.54) is 7.11 Å². The van der Waals surface area contributed by atoms with E-state index < -0.39 is 24.5 Å². The number of carbonyl (C=O) groups is 2. The SMILES string of the molecule is CCn1nnc2cc(C(=O)NC(CO)C(=O)OC)ccc21. The number of aromatic nitrogens is 3. The molecule has 0 saturated carbocycles. The lowest BCUT2D eigenvalue weighted by atomic mass is 10.1. The first-order valence-corrected chi connectivity index (χ1v) is 6.43. The number of hydrogen-bond acceptors (Lipinski definition) is 6. The van der Waals surface area contributed by atoms with Crippen molar-refractivity contribution in [3.63, 3.8) is 0 Å². The van der Waals surface area contributed by atoms with Crippen LogP contribution in [0, 0.1) is 0 Å². The number of carbonyl (C=O) groups excluding carboxylic acids is 2. The molecule has 21 heavy (non-hydrogen) atoms. The first kappa shape index (κ1) is 14.9. The molecule has 0 aliphatic heterocycles. The van der Waals surface area contributed by atoms with E-state index in [0.29, 0.717) is 17.6 Å². The Labute approximate surface area is 120 Å². The summed E-state index contributed by atoms with van der Waals surface area (Å²) in [5, 5.41) is 19.4. The number of fused-ring (bicyclic) bond motifs is 1. The van der Waals surface area contributed by atoms with Crippen molar-refractivity contribution in [2.75, 3.05) is 13.7 Å². The van der Waals surface area contributed by atoms with Gasteiger partial charge < -0.3 is 15.2 Å². The lowest BCUT2D eigenvalue weighted by Gasteiger charge is -2.13. The van der Waals surface area contributed by atoms with E-state index in [1.807, 2.05) is 6.92 Å². The minimum Gasteiger partial charge on any atom is -0.467 e. The Kier molecular flexibility index (Phi) is 4.49. The second-order valence-electron chi connectivity index (χ2n) is 4.34. The summed E-state index contributed by atoms with van der Waals surface area (Å²) in [4.78, 5) is 23.4. The molecule has 112 valence electrons. The van der Waals surface area contributed by atoms with Crippen LogP contribution in [0.15, 0.2) is 18.2 Å². The highest BCUT2D eigenvalue weighted by molar-refractivity contribution is 5.99. The van der Waals surface area contributed by atoms with E-state index in [4.69, 9.17) is 5.11 Å². The van der Waals surface area contributed by atoms with Crippen molar-refractivity contribution in [2.45, 2.75) is 19.5 Å². The zero-order valence-corrected chi connectivity index (χ0v) is 11.7. The fourth-order valence-electron chi connectivity index (χ4n) is 1.91. The van der Waals surface area contributed by atoms with Gasteiger partial charge in [-0.25, -0.2) is 9.48 Å². The molecular weight excluding hydrogens is 276 g/mol. The van der Waals surface area contributed by atoms with Gasteiger partial charge in [0.15, 0.2) is 6.04 Å². The molecule has 0 aliphatic rings. The zero-order chi connectivity index (χ0) is 15.4. The Bertz CT molecular complexity index is 667. The molecule has 1 aromatic carbocycles. The fourth-order valence-corrected chi connectivity index (χ4v) is 1.91. The average Bonchev–Trinajstić information content (AvgIpc) is 2.93. The quantitative estimate of drug-likeness (QED) is 0.734. The minimum absolute atomic E-state index is 0.327. The lowest BCUT2D eigenvalue weighted by Crippen LogP contribution is -2.44. The van der Waals surface area contributed by atoms with Crippen molar-refractivity contribution >= 4 is 22.9 Å². The molecule has 0 spiro atoms. The van der Waals surface area contributed by atoms with Gasteiger partial charge in [0, 0.05) is 12.1 Å². The van der Waals surface area contributed by atoms with Gasteiger partial charge in [-0.05, 0) is 25.1 Å². The van der Waals surface area contributed by atoms with Gasteiger partial charge in [-0.15, -0.1) is 5.10 Å². The Balaban J connectivity index is 2.21. The molecule has 1 aromatic heterocycles. The number of nitrogens with zero attached hydrogens (tertiary/aromatic N) is 3. The first-order valence-electron chi connectivity index (χ1n) is 6.43. The summed E-state index contributed by atoms with van der Waals surface area (Å²) in [5.41, 5.74) is 1.73. The molecular formula is C13H16N4O4. The van der Waals surface area contributed by atoms with Gasteiger partial charge in [-0.1, -0.05) is 5.21 Å². The number of nitrogens with one attached hydrogen (secondary N) is 1. The van der Waals surface area contributed by atoms with E-state index >= 15 is 0 Å². The van der Waals surface area contributed by atoms with Gasteiger partial charge in [0.1, 0.15) is 5.52 Å². The lowest BCUT2D eigenvalue weighted by molar-refractivity contribution is -0.143. The number of ether oxygens (including phenoxy) is 1. The van der Waals surface area contributed by atoms with Crippen molar-refractivity contribution in [3.8, 4) is 0 Å². The number of rotatable bonds is 5. The Morgan fingerprint density at radius 2 is 2.24 bits per heavy atom. The van der Waals surface area contributed by atoms with Gasteiger partial charge in [0.05, 0.1) is 19.2 Å². The van der Waals surface area contributed by atoms with Gasteiger partial charge in [0.2, 0.25) is 0 Å². The van der Waals surface area contributed by atoms with Crippen LogP contribution in [0.2, 0.25) is 0 Å². The maximum atomic E-state index is 12.1. The van der Waals surface area contributed by atoms with Gasteiger partial charge in [-0.2, -0.15) is 0 Å². The summed E-state index contributed by atoms with van der Waals surface area (Å²) >= 11 is 0. The van der Waals surface area contributed by atoms with Crippen LogP contribution in [-0.2, 0) is 16.1 Å². The van der Waals surface area contributed by atoms with Gasteiger partial charge in [0.25, 0.3) is 5.91 Å². The minimum atomic E-state index is -1.09. The van der Waals surface area contributed by atoms with E-state index in [9.17, 15) is 9.59 Å². The predicted octanol–water partition coefficient (Wildman–Crippen LogP) is -0.285. The highest BCUT2D eigenvalue weighted by Gasteiger charge is 2.21. The van der Waals surface area contributed by atoms with E-state index in [0.717, 1.165) is 5.52 Å². The Morgan fingerprint density at radius 3 is 2.86 bits per heavy atom. The largest absolute Gasteiger partial charge is 0.467 e. The highest BCUT2D eigenvalue weighted by atomic mass is 16.5. The number of methoxy groups -OCH3 is 1. The molecule has 1 heterocycles. The van der Waals surface area contributed by atoms with Crippen molar-refractivity contribution in [1.29, 1.82) is 0 Å². The van der Waals surface area contributed by atoms with Crippen LogP contribution in [-0.4, -0.2) is 51.7 Å². The van der Waals surface area contributed by atoms with E-state index in [2.05, 4.69) is 20.4 Å². The first-order chi connectivity index (χ1) is 10.1. The normalized spacial score (nSPS) is 12.1. The molecule has 8 nitrogen and oxygen atoms in total. The molecule has 0 saturated heterocycles. The van der Waals surface area contributed by atoms with Crippen LogP contribution in [0.5, 0.6) is 0 Å². The van der Waals surface area contributed by atoms with Gasteiger partial charge >= 0.3 is 5.97 Å².